The van der Waals surface area contributed by atoms with E-state index in [-0.39, 0.29) is 23.2 Å². The highest BCUT2D eigenvalue weighted by Crippen LogP contribution is 2.30. The number of nitrogens with one attached hydrogen (secondary N) is 2. The maximum absolute atomic E-state index is 13.1. The van der Waals surface area contributed by atoms with Crippen LogP contribution >= 0.6 is 0 Å². The molecule has 0 fully saturated rings. The van der Waals surface area contributed by atoms with E-state index in [0.29, 0.717) is 16.8 Å². The van der Waals surface area contributed by atoms with Crippen molar-refractivity contribution in [3.63, 3.8) is 0 Å². The highest BCUT2D eigenvalue weighted by molar-refractivity contribution is 6.12. The number of para-hydroxylation sites is 1. The molecule has 34 heavy (non-hydrogen) atoms. The molecule has 8 heteroatoms. The van der Waals surface area contributed by atoms with Crippen molar-refractivity contribution in [2.45, 2.75) is 19.3 Å². The molecule has 4 aromatic rings. The van der Waals surface area contributed by atoms with Gasteiger partial charge in [-0.25, -0.2) is 4.98 Å². The van der Waals surface area contributed by atoms with Crippen molar-refractivity contribution >= 4 is 34.6 Å². The van der Waals surface area contributed by atoms with E-state index >= 15 is 0 Å². The fourth-order valence-corrected chi connectivity index (χ4v) is 4.10. The first kappa shape index (κ1) is 21.3. The minimum absolute atomic E-state index is 0.00280. The highest BCUT2D eigenvalue weighted by Gasteiger charge is 2.21. The van der Waals surface area contributed by atoms with Crippen molar-refractivity contribution in [2.75, 3.05) is 10.6 Å². The Labute approximate surface area is 195 Å². The smallest absolute Gasteiger partial charge is 0.329 e. The highest BCUT2D eigenvalue weighted by atomic mass is 16.6. The van der Waals surface area contributed by atoms with Gasteiger partial charge in [0.2, 0.25) is 11.8 Å². The molecular formula is C26H21N5O3. The van der Waals surface area contributed by atoms with Gasteiger partial charge in [-0.1, -0.05) is 48.5 Å². The van der Waals surface area contributed by atoms with E-state index in [0.717, 1.165) is 31.1 Å². The monoisotopic (exact) mass is 451 g/mol. The van der Waals surface area contributed by atoms with Crippen LogP contribution in [0.5, 0.6) is 0 Å². The van der Waals surface area contributed by atoms with Crippen LogP contribution in [0.15, 0.2) is 79.0 Å². The van der Waals surface area contributed by atoms with Crippen LogP contribution in [0.4, 0.5) is 28.8 Å². The molecular weight excluding hydrogens is 430 g/mol. The summed E-state index contributed by atoms with van der Waals surface area (Å²) in [6.07, 6.45) is 4.42. The molecule has 0 atom stereocenters. The molecule has 3 aromatic carbocycles. The number of carbonyl (C=O) groups is 1. The summed E-state index contributed by atoms with van der Waals surface area (Å²) < 4.78 is 0. The number of carbonyl (C=O) groups excluding carboxylic acids is 1. The second-order valence-corrected chi connectivity index (χ2v) is 8.01. The third-order valence-corrected chi connectivity index (χ3v) is 5.78. The number of nitro groups is 1. The van der Waals surface area contributed by atoms with Crippen LogP contribution in [-0.2, 0) is 12.8 Å². The number of aryl methyl sites for hydroxylation is 2. The molecule has 0 aliphatic heterocycles. The molecule has 2 N–H and O–H groups in total. The predicted octanol–water partition coefficient (Wildman–Crippen LogP) is 5.59. The Kier molecular flexibility index (Phi) is 5.70. The molecule has 1 heterocycles. The minimum atomic E-state index is -0.552. The predicted molar refractivity (Wildman–Crippen MR) is 130 cm³/mol. The summed E-state index contributed by atoms with van der Waals surface area (Å²) in [4.78, 5) is 32.6. The lowest BCUT2D eigenvalue weighted by atomic mass is 10.0. The number of fused-ring (bicyclic) bond motifs is 1. The first-order valence-electron chi connectivity index (χ1n) is 10.9. The van der Waals surface area contributed by atoms with Gasteiger partial charge in [0, 0.05) is 16.8 Å². The first-order valence-corrected chi connectivity index (χ1v) is 10.9. The number of benzene rings is 3. The van der Waals surface area contributed by atoms with Crippen LogP contribution in [0, 0.1) is 10.1 Å². The summed E-state index contributed by atoms with van der Waals surface area (Å²) in [5.41, 5.74) is 4.49. The standard InChI is InChI=1S/C26H21N5O3/c32-24(18-7-2-1-3-8-18)21-11-4-5-12-22(21)29-25-23(31(33)34)16-27-26(30-25)28-20-14-13-17-9-6-10-19(17)15-20/h1-5,7-8,11-16H,6,9-10H2,(H2,27,28,29,30). The lowest BCUT2D eigenvalue weighted by Gasteiger charge is -2.12. The quantitative estimate of drug-likeness (QED) is 0.214. The third-order valence-electron chi connectivity index (χ3n) is 5.78. The topological polar surface area (TPSA) is 110 Å². The van der Waals surface area contributed by atoms with Crippen molar-refractivity contribution < 1.29 is 9.72 Å². The molecule has 1 aliphatic carbocycles. The Hall–Kier alpha value is -4.59. The molecule has 8 nitrogen and oxygen atoms in total. The Morgan fingerprint density at radius 2 is 1.68 bits per heavy atom. The van der Waals surface area contributed by atoms with E-state index < -0.39 is 4.92 Å². The maximum atomic E-state index is 13.1. The Morgan fingerprint density at radius 3 is 2.50 bits per heavy atom. The minimum Gasteiger partial charge on any atom is -0.334 e. The van der Waals surface area contributed by atoms with E-state index in [1.807, 2.05) is 12.1 Å². The first-order chi connectivity index (χ1) is 16.6. The number of aromatic nitrogens is 2. The van der Waals surface area contributed by atoms with Gasteiger partial charge in [0.25, 0.3) is 0 Å². The number of hydrogen-bond acceptors (Lipinski definition) is 7. The number of ketones is 1. The van der Waals surface area contributed by atoms with E-state index in [1.54, 1.807) is 48.5 Å². The van der Waals surface area contributed by atoms with E-state index in [1.165, 1.54) is 11.1 Å². The van der Waals surface area contributed by atoms with Crippen molar-refractivity contribution in [2.24, 2.45) is 0 Å². The molecule has 1 aromatic heterocycles. The van der Waals surface area contributed by atoms with Crippen molar-refractivity contribution in [1.29, 1.82) is 0 Å². The molecule has 0 amide bonds. The van der Waals surface area contributed by atoms with Crippen LogP contribution in [0.25, 0.3) is 0 Å². The zero-order valence-electron chi connectivity index (χ0n) is 18.2. The van der Waals surface area contributed by atoms with Crippen LogP contribution in [0.2, 0.25) is 0 Å². The molecule has 1 aliphatic rings. The number of rotatable bonds is 7. The summed E-state index contributed by atoms with van der Waals surface area (Å²) in [5, 5.41) is 17.8. The average molecular weight is 451 g/mol. The van der Waals surface area contributed by atoms with Gasteiger partial charge in [0.1, 0.15) is 6.20 Å². The summed E-state index contributed by atoms with van der Waals surface area (Å²) in [7, 11) is 0. The van der Waals surface area contributed by atoms with E-state index in [4.69, 9.17) is 0 Å². The number of anilines is 4. The molecule has 0 unspecified atom stereocenters. The Balaban J connectivity index is 1.47. The maximum Gasteiger partial charge on any atom is 0.329 e. The second-order valence-electron chi connectivity index (χ2n) is 8.01. The van der Waals surface area contributed by atoms with Crippen molar-refractivity contribution in [3.05, 3.63) is 111 Å². The molecule has 168 valence electrons. The third kappa shape index (κ3) is 4.33. The van der Waals surface area contributed by atoms with Crippen molar-refractivity contribution in [3.8, 4) is 0 Å². The fourth-order valence-electron chi connectivity index (χ4n) is 4.10. The number of nitrogens with zero attached hydrogens (tertiary/aromatic N) is 3. The van der Waals surface area contributed by atoms with Crippen LogP contribution in [0.3, 0.4) is 0 Å². The van der Waals surface area contributed by atoms with Gasteiger partial charge in [-0.05, 0) is 54.7 Å². The van der Waals surface area contributed by atoms with Gasteiger partial charge in [0.05, 0.1) is 10.6 Å². The molecule has 0 radical (unpaired) electrons. The molecule has 0 saturated heterocycles. The van der Waals surface area contributed by atoms with E-state index in [2.05, 4.69) is 32.7 Å². The van der Waals surface area contributed by atoms with Crippen LogP contribution in [0.1, 0.15) is 33.5 Å². The zero-order chi connectivity index (χ0) is 23.5. The van der Waals surface area contributed by atoms with Crippen molar-refractivity contribution in [1.82, 2.24) is 9.97 Å². The fraction of sp³-hybridized carbons (Fsp3) is 0.115. The Morgan fingerprint density at radius 1 is 0.912 bits per heavy atom. The van der Waals surface area contributed by atoms with E-state index in [9.17, 15) is 14.9 Å². The lowest BCUT2D eigenvalue weighted by Crippen LogP contribution is -2.08. The van der Waals surface area contributed by atoms with Crippen LogP contribution in [-0.4, -0.2) is 20.7 Å². The second kappa shape index (κ2) is 9.11. The van der Waals surface area contributed by atoms with Crippen LogP contribution < -0.4 is 10.6 Å². The SMILES string of the molecule is O=C(c1ccccc1)c1ccccc1Nc1nc(Nc2ccc3c(c2)CCC3)ncc1[N+](=O)[O-]. The zero-order valence-corrected chi connectivity index (χ0v) is 18.2. The van der Waals surface area contributed by atoms with Gasteiger partial charge in [0.15, 0.2) is 5.78 Å². The number of hydrogen-bond donors (Lipinski definition) is 2. The average Bonchev–Trinajstić information content (AvgIpc) is 3.32. The molecule has 0 bridgehead atoms. The molecule has 0 saturated carbocycles. The molecule has 0 spiro atoms. The Bertz CT molecular complexity index is 1390. The van der Waals surface area contributed by atoms with Gasteiger partial charge in [-0.15, -0.1) is 0 Å². The summed E-state index contributed by atoms with van der Waals surface area (Å²) in [6.45, 7) is 0. The van der Waals surface area contributed by atoms with Gasteiger partial charge < -0.3 is 10.6 Å². The lowest BCUT2D eigenvalue weighted by molar-refractivity contribution is -0.384. The largest absolute Gasteiger partial charge is 0.334 e. The normalized spacial score (nSPS) is 12.1. The summed E-state index contributed by atoms with van der Waals surface area (Å²) in [6, 6.07) is 21.8. The van der Waals surface area contributed by atoms with Gasteiger partial charge in [-0.2, -0.15) is 4.98 Å². The summed E-state index contributed by atoms with van der Waals surface area (Å²) in [5.74, 6) is 0.0202. The molecule has 5 rings (SSSR count). The van der Waals surface area contributed by atoms with Gasteiger partial charge in [-0.3, -0.25) is 14.9 Å². The van der Waals surface area contributed by atoms with Gasteiger partial charge >= 0.3 is 5.69 Å². The summed E-state index contributed by atoms with van der Waals surface area (Å²) >= 11 is 0.